The minimum Gasteiger partial charge on any atom is -0.481 e. The van der Waals surface area contributed by atoms with Gasteiger partial charge in [0.05, 0.1) is 24.1 Å². The number of aromatic nitrogens is 1. The highest BCUT2D eigenvalue weighted by Gasteiger charge is 2.27. The second-order valence-corrected chi connectivity index (χ2v) is 8.48. The van der Waals surface area contributed by atoms with Crippen LogP contribution in [0.5, 0.6) is 0 Å². The van der Waals surface area contributed by atoms with Crippen LogP contribution in [0.3, 0.4) is 0 Å². The molecule has 0 spiro atoms. The molecule has 0 fully saturated rings. The average Bonchev–Trinajstić information content (AvgIpc) is 3.28. The number of ether oxygens (including phenoxy) is 2. The van der Waals surface area contributed by atoms with E-state index in [1.54, 1.807) is 32.0 Å². The minimum absolute atomic E-state index is 0.0492. The zero-order valence-corrected chi connectivity index (χ0v) is 22.3. The van der Waals surface area contributed by atoms with Crippen LogP contribution in [-0.4, -0.2) is 70.6 Å². The smallest absolute Gasteiger partial charge is 0.419 e. The van der Waals surface area contributed by atoms with Gasteiger partial charge in [-0.1, -0.05) is 13.0 Å². The molecule has 13 heteroatoms. The first kappa shape index (κ1) is 30.5. The maximum Gasteiger partial charge on any atom is 0.419 e. The van der Waals surface area contributed by atoms with E-state index in [4.69, 9.17) is 15.3 Å². The Bertz CT molecular complexity index is 1250. The Balaban J connectivity index is 2.08. The number of nitrogens with zero attached hydrogens (tertiary/aromatic N) is 1. The number of carboxylic acid groups (broad SMARTS) is 1. The number of hydrogen-bond acceptors (Lipinski definition) is 8. The molecule has 210 valence electrons. The van der Waals surface area contributed by atoms with Gasteiger partial charge in [-0.2, -0.15) is 0 Å². The van der Waals surface area contributed by atoms with Crippen molar-refractivity contribution in [2.75, 3.05) is 25.2 Å². The summed E-state index contributed by atoms with van der Waals surface area (Å²) in [6.45, 7) is 6.66. The van der Waals surface area contributed by atoms with Crippen LogP contribution in [0.2, 0.25) is 0 Å². The van der Waals surface area contributed by atoms with Crippen LogP contribution in [0, 0.1) is 19.3 Å². The number of esters is 1. The number of hydrogen-bond donors (Lipinski definition) is 5. The Morgan fingerprint density at radius 2 is 1.79 bits per heavy atom. The Kier molecular flexibility index (Phi) is 11.2. The molecular formula is C26H33N5O8. The van der Waals surface area contributed by atoms with Crippen LogP contribution < -0.4 is 10.6 Å². The maximum atomic E-state index is 13.1. The number of carbonyl (C=O) groups is 5. The summed E-state index contributed by atoms with van der Waals surface area (Å²) in [5, 5.41) is 22.9. The number of H-pyrrole nitrogens is 1. The van der Waals surface area contributed by atoms with Crippen molar-refractivity contribution in [2.24, 2.45) is 0 Å². The van der Waals surface area contributed by atoms with Gasteiger partial charge >= 0.3 is 18.0 Å². The topological polar surface area (TPSA) is 191 Å². The van der Waals surface area contributed by atoms with Crippen molar-refractivity contribution in [1.82, 2.24) is 15.2 Å². The molecule has 0 saturated carbocycles. The number of aryl methyl sites for hydroxylation is 1. The van der Waals surface area contributed by atoms with Gasteiger partial charge in [-0.05, 0) is 50.5 Å². The van der Waals surface area contributed by atoms with E-state index in [0.29, 0.717) is 29.1 Å². The first-order valence-corrected chi connectivity index (χ1v) is 12.3. The average molecular weight is 544 g/mol. The van der Waals surface area contributed by atoms with Crippen molar-refractivity contribution < 1.29 is 38.6 Å². The van der Waals surface area contributed by atoms with E-state index in [1.165, 1.54) is 6.20 Å². The number of amides is 3. The Hall–Kier alpha value is -4.68. The third-order valence-corrected chi connectivity index (χ3v) is 5.64. The van der Waals surface area contributed by atoms with E-state index >= 15 is 0 Å². The molecule has 1 aromatic heterocycles. The summed E-state index contributed by atoms with van der Waals surface area (Å²) in [6, 6.07) is 5.10. The summed E-state index contributed by atoms with van der Waals surface area (Å²) < 4.78 is 9.49. The highest BCUT2D eigenvalue weighted by molar-refractivity contribution is 6.10. The van der Waals surface area contributed by atoms with Gasteiger partial charge in [-0.25, -0.2) is 9.69 Å². The fourth-order valence-corrected chi connectivity index (χ4v) is 3.42. The summed E-state index contributed by atoms with van der Waals surface area (Å²) in [5.41, 5.74) is 2.61. The number of aliphatic carboxylic acids is 1. The number of anilines is 1. The van der Waals surface area contributed by atoms with E-state index < -0.39 is 37.2 Å². The zero-order chi connectivity index (χ0) is 29.1. The summed E-state index contributed by atoms with van der Waals surface area (Å²) in [6.07, 6.45) is 0.301. The molecule has 2 aromatic rings. The predicted octanol–water partition coefficient (Wildman–Crippen LogP) is 3.17. The van der Waals surface area contributed by atoms with Crippen molar-refractivity contribution in [3.05, 3.63) is 52.3 Å². The van der Waals surface area contributed by atoms with Gasteiger partial charge in [0.2, 0.25) is 6.79 Å². The molecule has 0 aliphatic carbocycles. The molecular weight excluding hydrogens is 510 g/mol. The summed E-state index contributed by atoms with van der Waals surface area (Å²) in [5.74, 6) is -3.01. The van der Waals surface area contributed by atoms with Crippen molar-refractivity contribution in [1.29, 1.82) is 5.41 Å². The molecule has 39 heavy (non-hydrogen) atoms. The number of rotatable bonds is 12. The molecule has 0 aliphatic heterocycles. The number of amidine groups is 1. The fraction of sp³-hybridized carbons (Fsp3) is 0.385. The van der Waals surface area contributed by atoms with Crippen molar-refractivity contribution in [3.8, 4) is 0 Å². The third kappa shape index (κ3) is 8.42. The van der Waals surface area contributed by atoms with Crippen molar-refractivity contribution >= 4 is 41.4 Å². The van der Waals surface area contributed by atoms with Crippen molar-refractivity contribution in [2.45, 2.75) is 47.0 Å². The Labute approximate surface area is 225 Å². The summed E-state index contributed by atoms with van der Waals surface area (Å²) >= 11 is 0. The van der Waals surface area contributed by atoms with Crippen LogP contribution in [0.1, 0.15) is 70.6 Å². The molecule has 5 N–H and O–H groups in total. The molecule has 0 bridgehead atoms. The molecule has 0 unspecified atom stereocenters. The van der Waals surface area contributed by atoms with Crippen LogP contribution in [0.4, 0.5) is 10.5 Å². The number of aromatic amines is 1. The van der Waals surface area contributed by atoms with Crippen molar-refractivity contribution in [3.63, 3.8) is 0 Å². The molecule has 3 amide bonds. The third-order valence-electron chi connectivity index (χ3n) is 5.64. The van der Waals surface area contributed by atoms with Crippen LogP contribution in [-0.2, 0) is 19.1 Å². The lowest BCUT2D eigenvalue weighted by atomic mass is 10.1. The monoisotopic (exact) mass is 543 g/mol. The molecule has 1 aromatic carbocycles. The quantitative estimate of drug-likeness (QED) is 0.116. The highest BCUT2D eigenvalue weighted by atomic mass is 16.7. The summed E-state index contributed by atoms with van der Waals surface area (Å²) in [4.78, 5) is 63.5. The molecule has 0 aliphatic rings. The lowest BCUT2D eigenvalue weighted by molar-refractivity contribution is -0.154. The van der Waals surface area contributed by atoms with Gasteiger partial charge in [0.25, 0.3) is 11.8 Å². The van der Waals surface area contributed by atoms with Gasteiger partial charge in [-0.3, -0.25) is 24.6 Å². The lowest BCUT2D eigenvalue weighted by Gasteiger charge is -2.18. The molecule has 1 heterocycles. The van der Waals surface area contributed by atoms with Gasteiger partial charge in [0, 0.05) is 30.5 Å². The Morgan fingerprint density at radius 3 is 2.44 bits per heavy atom. The van der Waals surface area contributed by atoms with E-state index in [9.17, 15) is 24.0 Å². The SMILES string of the molecule is CCCNC(=O)c1ccc(C)c(NC(=N)c2[nH]cc(C(=O)N(CC)C(=O)OCOC(=O)CCC(=O)O)c2C)c1. The predicted molar refractivity (Wildman–Crippen MR) is 141 cm³/mol. The normalized spacial score (nSPS) is 10.4. The number of carboxylic acids is 1. The molecule has 0 radical (unpaired) electrons. The molecule has 2 rings (SSSR count). The number of imide groups is 1. The second kappa shape index (κ2) is 14.3. The first-order chi connectivity index (χ1) is 18.5. The van der Waals surface area contributed by atoms with E-state index in [2.05, 4.69) is 20.4 Å². The largest absolute Gasteiger partial charge is 0.481 e. The van der Waals surface area contributed by atoms with Gasteiger partial charge in [-0.15, -0.1) is 0 Å². The molecule has 0 atom stereocenters. The lowest BCUT2D eigenvalue weighted by Crippen LogP contribution is -2.37. The maximum absolute atomic E-state index is 13.1. The minimum atomic E-state index is -1.17. The van der Waals surface area contributed by atoms with E-state index in [0.717, 1.165) is 16.9 Å². The van der Waals surface area contributed by atoms with Crippen LogP contribution in [0.25, 0.3) is 0 Å². The van der Waals surface area contributed by atoms with E-state index in [1.807, 2.05) is 13.8 Å². The fourth-order valence-electron chi connectivity index (χ4n) is 3.42. The molecule has 13 nitrogen and oxygen atoms in total. The number of benzene rings is 1. The number of carbonyl (C=O) groups excluding carboxylic acids is 4. The zero-order valence-electron chi connectivity index (χ0n) is 22.3. The van der Waals surface area contributed by atoms with Gasteiger partial charge in [0.15, 0.2) is 0 Å². The molecule has 0 saturated heterocycles. The first-order valence-electron chi connectivity index (χ1n) is 12.3. The van der Waals surface area contributed by atoms with Crippen LogP contribution >= 0.6 is 0 Å². The Morgan fingerprint density at radius 1 is 1.08 bits per heavy atom. The number of nitrogens with one attached hydrogen (secondary N) is 4. The standard InChI is InChI=1S/C26H33N5O8/c1-5-11-28-24(35)17-8-7-15(3)19(12-17)30-23(27)22-16(4)18(13-29-22)25(36)31(6-2)26(37)39-14-38-21(34)10-9-20(32)33/h7-8,12-13,29H,5-6,9-11,14H2,1-4H3,(H2,27,30)(H,28,35)(H,32,33). The van der Waals surface area contributed by atoms with Gasteiger partial charge < -0.3 is 30.2 Å². The van der Waals surface area contributed by atoms with Crippen LogP contribution in [0.15, 0.2) is 24.4 Å². The second-order valence-electron chi connectivity index (χ2n) is 8.48. The highest BCUT2D eigenvalue weighted by Crippen LogP contribution is 2.21. The van der Waals surface area contributed by atoms with Gasteiger partial charge in [0.1, 0.15) is 5.84 Å². The summed E-state index contributed by atoms with van der Waals surface area (Å²) in [7, 11) is 0. The van der Waals surface area contributed by atoms with E-state index in [-0.39, 0.29) is 30.3 Å².